The third-order valence-electron chi connectivity index (χ3n) is 2.88. The average molecular weight is 270 g/mol. The lowest BCUT2D eigenvalue weighted by molar-refractivity contribution is 0.0696. The van der Waals surface area contributed by atoms with E-state index in [2.05, 4.69) is 0 Å². The predicted molar refractivity (Wildman–Crippen MR) is 68.5 cm³/mol. The molecule has 1 heterocycles. The molecule has 1 aliphatic heterocycles. The molecule has 0 bridgehead atoms. The molecule has 0 aliphatic carbocycles. The minimum atomic E-state index is -1.03. The molecule has 0 radical (unpaired) electrons. The Balaban J connectivity index is 1.91. The lowest BCUT2D eigenvalue weighted by atomic mass is 10.1. The van der Waals surface area contributed by atoms with E-state index in [1.165, 1.54) is 18.2 Å². The van der Waals surface area contributed by atoms with Crippen molar-refractivity contribution in [2.24, 2.45) is 0 Å². The third kappa shape index (κ3) is 3.46. The molecule has 2 rings (SSSR count). The number of aromatic carboxylic acids is 1. The number of benzene rings is 1. The van der Waals surface area contributed by atoms with Gasteiger partial charge in [0.1, 0.15) is 5.82 Å². The number of carbonyl (C=O) groups is 1. The summed E-state index contributed by atoms with van der Waals surface area (Å²) in [7, 11) is 0. The highest BCUT2D eigenvalue weighted by Crippen LogP contribution is 2.22. The van der Waals surface area contributed by atoms with Crippen LogP contribution in [0.25, 0.3) is 0 Å². The number of rotatable bonds is 5. The Morgan fingerprint density at radius 3 is 3.06 bits per heavy atom. The van der Waals surface area contributed by atoms with Crippen molar-refractivity contribution >= 4 is 17.7 Å². The van der Waals surface area contributed by atoms with Crippen molar-refractivity contribution < 1.29 is 19.0 Å². The molecule has 1 aromatic rings. The molecule has 1 atom stereocenters. The molecule has 18 heavy (non-hydrogen) atoms. The fraction of sp³-hybridized carbons (Fsp3) is 0.462. The second kappa shape index (κ2) is 6.20. The van der Waals surface area contributed by atoms with Crippen LogP contribution in [0.3, 0.4) is 0 Å². The van der Waals surface area contributed by atoms with Gasteiger partial charge in [-0.1, -0.05) is 0 Å². The van der Waals surface area contributed by atoms with Crippen molar-refractivity contribution in [3.8, 4) is 0 Å². The van der Waals surface area contributed by atoms with Gasteiger partial charge in [-0.2, -0.15) is 11.8 Å². The van der Waals surface area contributed by atoms with Crippen molar-refractivity contribution in [2.45, 2.75) is 24.7 Å². The fourth-order valence-corrected chi connectivity index (χ4v) is 2.98. The normalized spacial score (nSPS) is 19.1. The average Bonchev–Trinajstić information content (AvgIpc) is 2.84. The first kappa shape index (κ1) is 13.4. The zero-order chi connectivity index (χ0) is 13.0. The summed E-state index contributed by atoms with van der Waals surface area (Å²) in [4.78, 5) is 10.8. The van der Waals surface area contributed by atoms with E-state index in [9.17, 15) is 9.18 Å². The van der Waals surface area contributed by atoms with Gasteiger partial charge in [0.25, 0.3) is 0 Å². The molecule has 1 fully saturated rings. The molecule has 0 spiro atoms. The van der Waals surface area contributed by atoms with Crippen molar-refractivity contribution in [2.75, 3.05) is 12.4 Å². The first-order chi connectivity index (χ1) is 8.66. The Morgan fingerprint density at radius 1 is 1.56 bits per heavy atom. The highest BCUT2D eigenvalue weighted by molar-refractivity contribution is 7.98. The zero-order valence-electron chi connectivity index (χ0n) is 9.89. The van der Waals surface area contributed by atoms with Gasteiger partial charge in [0, 0.05) is 18.1 Å². The quantitative estimate of drug-likeness (QED) is 0.893. The van der Waals surface area contributed by atoms with Crippen LogP contribution in [0.15, 0.2) is 18.2 Å². The smallest absolute Gasteiger partial charge is 0.335 e. The van der Waals surface area contributed by atoms with Crippen LogP contribution in [0.2, 0.25) is 0 Å². The molecule has 1 N–H and O–H groups in total. The molecule has 5 heteroatoms. The molecule has 0 amide bonds. The van der Waals surface area contributed by atoms with Crippen LogP contribution < -0.4 is 0 Å². The Morgan fingerprint density at radius 2 is 2.39 bits per heavy atom. The van der Waals surface area contributed by atoms with Crippen LogP contribution in [0.4, 0.5) is 4.39 Å². The van der Waals surface area contributed by atoms with Gasteiger partial charge in [-0.25, -0.2) is 9.18 Å². The van der Waals surface area contributed by atoms with Crippen molar-refractivity contribution in [3.05, 3.63) is 35.1 Å². The van der Waals surface area contributed by atoms with E-state index in [1.807, 2.05) is 0 Å². The summed E-state index contributed by atoms with van der Waals surface area (Å²) in [6, 6.07) is 3.90. The van der Waals surface area contributed by atoms with Gasteiger partial charge < -0.3 is 9.84 Å². The number of thioether (sulfide) groups is 1. The summed E-state index contributed by atoms with van der Waals surface area (Å²) in [5.74, 6) is -0.0657. The second-order valence-electron chi connectivity index (χ2n) is 4.26. The molecule has 1 aromatic carbocycles. The summed E-state index contributed by atoms with van der Waals surface area (Å²) in [6.07, 6.45) is 2.42. The lowest BCUT2D eigenvalue weighted by Crippen LogP contribution is -2.08. The van der Waals surface area contributed by atoms with Crippen molar-refractivity contribution in [1.82, 2.24) is 0 Å². The van der Waals surface area contributed by atoms with Crippen LogP contribution in [-0.4, -0.2) is 29.5 Å². The van der Waals surface area contributed by atoms with E-state index in [0.717, 1.165) is 25.2 Å². The van der Waals surface area contributed by atoms with Gasteiger partial charge in [-0.3, -0.25) is 0 Å². The van der Waals surface area contributed by atoms with E-state index in [-0.39, 0.29) is 17.5 Å². The molecular formula is C13H15FO3S. The Labute approximate surface area is 109 Å². The maximum atomic E-state index is 13.5. The van der Waals surface area contributed by atoms with Crippen LogP contribution >= 0.6 is 11.8 Å². The van der Waals surface area contributed by atoms with Gasteiger partial charge >= 0.3 is 5.97 Å². The van der Waals surface area contributed by atoms with Crippen LogP contribution in [0, 0.1) is 5.82 Å². The van der Waals surface area contributed by atoms with Crippen LogP contribution in [0.1, 0.15) is 28.8 Å². The third-order valence-corrected chi connectivity index (χ3v) is 4.00. The monoisotopic (exact) mass is 270 g/mol. The summed E-state index contributed by atoms with van der Waals surface area (Å²) < 4.78 is 19.0. The summed E-state index contributed by atoms with van der Waals surface area (Å²) in [5.41, 5.74) is 0.571. The minimum Gasteiger partial charge on any atom is -0.478 e. The second-order valence-corrected chi connectivity index (χ2v) is 5.29. The molecule has 3 nitrogen and oxygen atoms in total. The van der Waals surface area contributed by atoms with E-state index in [0.29, 0.717) is 11.3 Å². The fourth-order valence-electron chi connectivity index (χ4n) is 1.89. The topological polar surface area (TPSA) is 46.5 Å². The Kier molecular flexibility index (Phi) is 4.60. The lowest BCUT2D eigenvalue weighted by Gasteiger charge is -2.09. The molecular weight excluding hydrogens is 255 g/mol. The predicted octanol–water partition coefficient (Wildman–Crippen LogP) is 2.94. The highest BCUT2D eigenvalue weighted by Gasteiger charge is 2.15. The molecule has 98 valence electrons. The number of carboxylic acid groups (broad SMARTS) is 1. The molecule has 1 saturated heterocycles. The molecule has 0 saturated carbocycles. The highest BCUT2D eigenvalue weighted by atomic mass is 32.2. The summed E-state index contributed by atoms with van der Waals surface area (Å²) >= 11 is 1.58. The van der Waals surface area contributed by atoms with Crippen LogP contribution in [0.5, 0.6) is 0 Å². The van der Waals surface area contributed by atoms with Gasteiger partial charge in [0.05, 0.1) is 11.7 Å². The number of carboxylic acids is 1. The molecule has 1 aliphatic rings. The number of hydrogen-bond acceptors (Lipinski definition) is 3. The number of halogens is 1. The van der Waals surface area contributed by atoms with Gasteiger partial charge in [-0.15, -0.1) is 0 Å². The van der Waals surface area contributed by atoms with E-state index < -0.39 is 5.97 Å². The minimum absolute atomic E-state index is 0.129. The summed E-state index contributed by atoms with van der Waals surface area (Å²) in [5, 5.41) is 8.85. The first-order valence-electron chi connectivity index (χ1n) is 5.88. The van der Waals surface area contributed by atoms with Crippen molar-refractivity contribution in [3.63, 3.8) is 0 Å². The van der Waals surface area contributed by atoms with E-state index in [4.69, 9.17) is 9.84 Å². The standard InChI is InChI=1S/C13H15FO3S/c14-12-4-3-9(13(15)16)6-10(12)7-18-8-11-2-1-5-17-11/h3-4,6,11H,1-2,5,7-8H2,(H,15,16). The van der Waals surface area contributed by atoms with Gasteiger partial charge in [0.15, 0.2) is 0 Å². The largest absolute Gasteiger partial charge is 0.478 e. The first-order valence-corrected chi connectivity index (χ1v) is 7.03. The number of ether oxygens (including phenoxy) is 1. The van der Waals surface area contributed by atoms with Crippen molar-refractivity contribution in [1.29, 1.82) is 0 Å². The van der Waals surface area contributed by atoms with E-state index >= 15 is 0 Å². The SMILES string of the molecule is O=C(O)c1ccc(F)c(CSCC2CCCO2)c1. The van der Waals surface area contributed by atoms with Crippen LogP contribution in [-0.2, 0) is 10.5 Å². The maximum absolute atomic E-state index is 13.5. The number of hydrogen-bond donors (Lipinski definition) is 1. The van der Waals surface area contributed by atoms with E-state index in [1.54, 1.807) is 11.8 Å². The Bertz CT molecular complexity index is 430. The van der Waals surface area contributed by atoms with Gasteiger partial charge in [0.2, 0.25) is 0 Å². The maximum Gasteiger partial charge on any atom is 0.335 e. The summed E-state index contributed by atoms with van der Waals surface area (Å²) in [6.45, 7) is 0.814. The zero-order valence-corrected chi connectivity index (χ0v) is 10.7. The van der Waals surface area contributed by atoms with Gasteiger partial charge in [-0.05, 0) is 36.6 Å². The Hall–Kier alpha value is -1.07. The molecule has 1 unspecified atom stereocenters. The molecule has 0 aromatic heterocycles.